The highest BCUT2D eigenvalue weighted by Gasteiger charge is 2.26. The average molecular weight is 356 g/mol. The van der Waals surface area contributed by atoms with Crippen molar-refractivity contribution in [2.75, 3.05) is 26.5 Å². The van der Waals surface area contributed by atoms with E-state index < -0.39 is 0 Å². The highest BCUT2D eigenvalue weighted by atomic mass is 35.5. The second-order valence-corrected chi connectivity index (χ2v) is 6.22. The zero-order valence-electron chi connectivity index (χ0n) is 14.4. The molecule has 0 aliphatic heterocycles. The number of carbonyl (C=O) groups is 2. The topological polar surface area (TPSA) is 84.7 Å². The van der Waals surface area contributed by atoms with E-state index in [1.165, 1.54) is 12.0 Å². The fraction of sp³-hybridized carbons (Fsp3) is 0.529. The Morgan fingerprint density at radius 1 is 1.33 bits per heavy atom. The second-order valence-electron chi connectivity index (χ2n) is 6.22. The third-order valence-corrected chi connectivity index (χ3v) is 4.29. The molecular formula is C17H26ClN3O3. The minimum atomic E-state index is -0.113. The van der Waals surface area contributed by atoms with E-state index in [9.17, 15) is 9.59 Å². The van der Waals surface area contributed by atoms with E-state index in [2.05, 4.69) is 5.32 Å². The Morgan fingerprint density at radius 3 is 2.58 bits per heavy atom. The van der Waals surface area contributed by atoms with Crippen LogP contribution in [0.1, 0.15) is 36.0 Å². The number of nitrogens with zero attached hydrogens (tertiary/aromatic N) is 1. The molecule has 1 saturated carbocycles. The number of benzene rings is 1. The standard InChI is InChI=1S/C17H25N3O3.ClH/c1-20(2)17(22)12-7-8-14(15(9-12)23-3)19-16(21)10-11-5-4-6-13(11)18;/h7-9,11,13H,4-6,10,18H2,1-3H3,(H,19,21);1H/t11-,13+;/m0./s1. The van der Waals surface area contributed by atoms with Crippen LogP contribution in [0, 0.1) is 5.92 Å². The average Bonchev–Trinajstić information content (AvgIpc) is 2.91. The number of methoxy groups -OCH3 is 1. The Labute approximate surface area is 149 Å². The van der Waals surface area contributed by atoms with Crippen molar-refractivity contribution >= 4 is 29.9 Å². The Kier molecular flexibility index (Phi) is 7.51. The summed E-state index contributed by atoms with van der Waals surface area (Å²) >= 11 is 0. The van der Waals surface area contributed by atoms with Gasteiger partial charge in [-0.3, -0.25) is 9.59 Å². The first-order valence-corrected chi connectivity index (χ1v) is 7.87. The molecular weight excluding hydrogens is 330 g/mol. The van der Waals surface area contributed by atoms with E-state index in [1.807, 2.05) is 0 Å². The number of amides is 2. The van der Waals surface area contributed by atoms with Crippen molar-refractivity contribution in [2.45, 2.75) is 31.7 Å². The first kappa shape index (κ1) is 20.3. The van der Waals surface area contributed by atoms with E-state index in [4.69, 9.17) is 10.5 Å². The molecule has 0 aromatic heterocycles. The third-order valence-electron chi connectivity index (χ3n) is 4.29. The summed E-state index contributed by atoms with van der Waals surface area (Å²) < 4.78 is 5.30. The van der Waals surface area contributed by atoms with Crippen LogP contribution >= 0.6 is 12.4 Å². The monoisotopic (exact) mass is 355 g/mol. The molecule has 1 aliphatic rings. The molecule has 1 aromatic carbocycles. The molecule has 0 bridgehead atoms. The molecule has 24 heavy (non-hydrogen) atoms. The fourth-order valence-electron chi connectivity index (χ4n) is 2.94. The van der Waals surface area contributed by atoms with Crippen LogP contribution in [0.2, 0.25) is 0 Å². The molecule has 2 atom stereocenters. The van der Waals surface area contributed by atoms with Crippen molar-refractivity contribution in [1.29, 1.82) is 0 Å². The van der Waals surface area contributed by atoms with Gasteiger partial charge >= 0.3 is 0 Å². The van der Waals surface area contributed by atoms with Gasteiger partial charge in [-0.05, 0) is 37.0 Å². The molecule has 134 valence electrons. The largest absolute Gasteiger partial charge is 0.495 e. The number of rotatable bonds is 5. The number of nitrogens with one attached hydrogen (secondary N) is 1. The number of hydrogen-bond donors (Lipinski definition) is 2. The molecule has 6 nitrogen and oxygen atoms in total. The van der Waals surface area contributed by atoms with E-state index in [-0.39, 0.29) is 36.2 Å². The van der Waals surface area contributed by atoms with Gasteiger partial charge in [0.1, 0.15) is 5.75 Å². The first-order chi connectivity index (χ1) is 10.9. The summed E-state index contributed by atoms with van der Waals surface area (Å²) in [6.45, 7) is 0. The summed E-state index contributed by atoms with van der Waals surface area (Å²) in [5.74, 6) is 0.535. The van der Waals surface area contributed by atoms with Crippen LogP contribution < -0.4 is 15.8 Å². The van der Waals surface area contributed by atoms with Crippen molar-refractivity contribution in [3.63, 3.8) is 0 Å². The Morgan fingerprint density at radius 2 is 2.04 bits per heavy atom. The predicted octanol–water partition coefficient (Wildman–Crippen LogP) is 2.27. The van der Waals surface area contributed by atoms with Gasteiger partial charge < -0.3 is 20.7 Å². The zero-order chi connectivity index (χ0) is 17.0. The maximum Gasteiger partial charge on any atom is 0.253 e. The van der Waals surface area contributed by atoms with Crippen molar-refractivity contribution < 1.29 is 14.3 Å². The Hall–Kier alpha value is -1.79. The van der Waals surface area contributed by atoms with Gasteiger partial charge in [0.25, 0.3) is 5.91 Å². The minimum Gasteiger partial charge on any atom is -0.495 e. The Bertz CT molecular complexity index is 592. The predicted molar refractivity (Wildman–Crippen MR) is 96.8 cm³/mol. The lowest BCUT2D eigenvalue weighted by Gasteiger charge is -2.17. The maximum atomic E-state index is 12.2. The van der Waals surface area contributed by atoms with Gasteiger partial charge in [0.2, 0.25) is 5.91 Å². The summed E-state index contributed by atoms with van der Waals surface area (Å²) in [5, 5.41) is 2.86. The maximum absolute atomic E-state index is 12.2. The van der Waals surface area contributed by atoms with Gasteiger partial charge in [-0.25, -0.2) is 0 Å². The summed E-state index contributed by atoms with van der Waals surface area (Å²) in [4.78, 5) is 25.7. The van der Waals surface area contributed by atoms with Gasteiger partial charge in [-0.1, -0.05) is 6.42 Å². The Balaban J connectivity index is 0.00000288. The lowest BCUT2D eigenvalue weighted by atomic mass is 10.00. The van der Waals surface area contributed by atoms with Gasteiger partial charge in [-0.15, -0.1) is 12.4 Å². The first-order valence-electron chi connectivity index (χ1n) is 7.87. The summed E-state index contributed by atoms with van der Waals surface area (Å²) in [6.07, 6.45) is 3.50. The molecule has 1 aliphatic carbocycles. The van der Waals surface area contributed by atoms with Crippen LogP contribution in [0.15, 0.2) is 18.2 Å². The molecule has 1 fully saturated rings. The third kappa shape index (κ3) is 4.85. The van der Waals surface area contributed by atoms with E-state index in [0.29, 0.717) is 23.4 Å². The number of carbonyl (C=O) groups excluding carboxylic acids is 2. The summed E-state index contributed by atoms with van der Waals surface area (Å²) in [7, 11) is 4.90. The van der Waals surface area contributed by atoms with Gasteiger partial charge in [-0.2, -0.15) is 0 Å². The van der Waals surface area contributed by atoms with Crippen LogP contribution in [0.3, 0.4) is 0 Å². The van der Waals surface area contributed by atoms with Crippen LogP contribution in [-0.4, -0.2) is 44.0 Å². The minimum absolute atomic E-state index is 0. The lowest BCUT2D eigenvalue weighted by molar-refractivity contribution is -0.117. The summed E-state index contributed by atoms with van der Waals surface area (Å²) in [5.41, 5.74) is 7.10. The number of nitrogens with two attached hydrogens (primary N) is 1. The number of hydrogen-bond acceptors (Lipinski definition) is 4. The molecule has 0 saturated heterocycles. The molecule has 0 spiro atoms. The quantitative estimate of drug-likeness (QED) is 0.848. The smallest absolute Gasteiger partial charge is 0.253 e. The second kappa shape index (κ2) is 8.89. The highest BCUT2D eigenvalue weighted by molar-refractivity contribution is 5.97. The SMILES string of the molecule is COc1cc(C(=O)N(C)C)ccc1NC(=O)C[C@@H]1CCC[C@H]1N.Cl. The van der Waals surface area contributed by atoms with Crippen molar-refractivity contribution in [2.24, 2.45) is 11.7 Å². The van der Waals surface area contributed by atoms with Crippen LogP contribution in [-0.2, 0) is 4.79 Å². The molecule has 2 amide bonds. The van der Waals surface area contributed by atoms with Gasteiger partial charge in [0.15, 0.2) is 0 Å². The van der Waals surface area contributed by atoms with Gasteiger partial charge in [0.05, 0.1) is 12.8 Å². The van der Waals surface area contributed by atoms with Crippen molar-refractivity contribution in [3.05, 3.63) is 23.8 Å². The molecule has 0 unspecified atom stereocenters. The van der Waals surface area contributed by atoms with E-state index in [0.717, 1.165) is 19.3 Å². The molecule has 0 heterocycles. The van der Waals surface area contributed by atoms with Crippen LogP contribution in [0.25, 0.3) is 0 Å². The van der Waals surface area contributed by atoms with Crippen molar-refractivity contribution in [1.82, 2.24) is 4.90 Å². The van der Waals surface area contributed by atoms with Crippen LogP contribution in [0.4, 0.5) is 5.69 Å². The number of anilines is 1. The van der Waals surface area contributed by atoms with Crippen LogP contribution in [0.5, 0.6) is 5.75 Å². The molecule has 1 aromatic rings. The van der Waals surface area contributed by atoms with E-state index in [1.54, 1.807) is 32.3 Å². The van der Waals surface area contributed by atoms with Crippen molar-refractivity contribution in [3.8, 4) is 5.75 Å². The highest BCUT2D eigenvalue weighted by Crippen LogP contribution is 2.29. The molecule has 2 rings (SSSR count). The summed E-state index contributed by atoms with van der Waals surface area (Å²) in [6, 6.07) is 5.13. The fourth-order valence-corrected chi connectivity index (χ4v) is 2.94. The zero-order valence-corrected chi connectivity index (χ0v) is 15.2. The lowest BCUT2D eigenvalue weighted by Crippen LogP contribution is -2.28. The number of halogens is 1. The number of ether oxygens (including phenoxy) is 1. The van der Waals surface area contributed by atoms with Gasteiger partial charge in [0, 0.05) is 32.1 Å². The molecule has 0 radical (unpaired) electrons. The normalized spacial score (nSPS) is 19.3. The van der Waals surface area contributed by atoms with E-state index >= 15 is 0 Å². The molecule has 3 N–H and O–H groups in total. The molecule has 7 heteroatoms.